The molecular weight excluding hydrogens is 200 g/mol. The number of rotatable bonds is 5. The largest absolute Gasteiger partial charge is 0.393 e. The van der Waals surface area contributed by atoms with Gasteiger partial charge in [-0.15, -0.1) is 0 Å². The van der Waals surface area contributed by atoms with Crippen LogP contribution in [-0.4, -0.2) is 17.0 Å². The molecule has 94 valence electrons. The van der Waals surface area contributed by atoms with Crippen molar-refractivity contribution in [3.05, 3.63) is 0 Å². The quantitative estimate of drug-likeness (QED) is 0.781. The van der Waals surface area contributed by atoms with Crippen LogP contribution in [0.3, 0.4) is 0 Å². The van der Waals surface area contributed by atoms with E-state index in [2.05, 4.69) is 13.8 Å². The van der Waals surface area contributed by atoms with Crippen molar-refractivity contribution in [3.8, 4) is 0 Å². The van der Waals surface area contributed by atoms with Crippen molar-refractivity contribution in [3.63, 3.8) is 0 Å². The van der Waals surface area contributed by atoms with Crippen LogP contribution < -0.4 is 0 Å². The third-order valence-corrected chi connectivity index (χ3v) is 4.10. The SMILES string of the molecule is CCC(C)C1CCCCC1C(=O)CC(C)O. The molecule has 0 aromatic rings. The summed E-state index contributed by atoms with van der Waals surface area (Å²) < 4.78 is 0. The summed E-state index contributed by atoms with van der Waals surface area (Å²) in [4.78, 5) is 12.1. The van der Waals surface area contributed by atoms with E-state index in [1.807, 2.05) is 0 Å². The summed E-state index contributed by atoms with van der Waals surface area (Å²) in [5.41, 5.74) is 0. The molecule has 2 nitrogen and oxygen atoms in total. The number of carbonyl (C=O) groups is 1. The molecule has 1 N–H and O–H groups in total. The van der Waals surface area contributed by atoms with Crippen LogP contribution in [0.4, 0.5) is 0 Å². The molecule has 0 amide bonds. The van der Waals surface area contributed by atoms with Crippen molar-refractivity contribution in [1.29, 1.82) is 0 Å². The Morgan fingerprint density at radius 1 is 1.31 bits per heavy atom. The third-order valence-electron chi connectivity index (χ3n) is 4.10. The molecule has 0 spiro atoms. The molecule has 0 saturated heterocycles. The number of aliphatic hydroxyl groups is 1. The van der Waals surface area contributed by atoms with E-state index in [1.54, 1.807) is 6.92 Å². The first-order valence-corrected chi connectivity index (χ1v) is 6.77. The van der Waals surface area contributed by atoms with E-state index >= 15 is 0 Å². The zero-order chi connectivity index (χ0) is 12.1. The van der Waals surface area contributed by atoms with Gasteiger partial charge in [0.2, 0.25) is 0 Å². The van der Waals surface area contributed by atoms with Crippen LogP contribution >= 0.6 is 0 Å². The first kappa shape index (κ1) is 13.7. The molecule has 2 heteroatoms. The Bertz CT molecular complexity index is 223. The van der Waals surface area contributed by atoms with E-state index in [0.717, 1.165) is 12.8 Å². The number of hydrogen-bond acceptors (Lipinski definition) is 2. The number of aliphatic hydroxyl groups excluding tert-OH is 1. The summed E-state index contributed by atoms with van der Waals surface area (Å²) in [6, 6.07) is 0. The number of ketones is 1. The molecule has 0 bridgehead atoms. The van der Waals surface area contributed by atoms with E-state index in [9.17, 15) is 9.90 Å². The Kier molecular flexibility index (Phi) is 5.47. The maximum Gasteiger partial charge on any atom is 0.138 e. The second-order valence-electron chi connectivity index (χ2n) is 5.46. The number of carbonyl (C=O) groups excluding carboxylic acids is 1. The molecule has 0 aliphatic heterocycles. The Morgan fingerprint density at radius 2 is 1.94 bits per heavy atom. The molecule has 4 atom stereocenters. The fourth-order valence-electron chi connectivity index (χ4n) is 2.99. The predicted octanol–water partition coefficient (Wildman–Crippen LogP) is 3.18. The molecule has 0 heterocycles. The molecule has 0 aromatic carbocycles. The van der Waals surface area contributed by atoms with Crippen LogP contribution in [0, 0.1) is 17.8 Å². The molecule has 1 saturated carbocycles. The monoisotopic (exact) mass is 226 g/mol. The molecule has 4 unspecified atom stereocenters. The Balaban J connectivity index is 2.62. The standard InChI is InChI=1S/C14H26O2/c1-4-10(2)12-7-5-6-8-13(12)14(16)9-11(3)15/h10-13,15H,4-9H2,1-3H3. The van der Waals surface area contributed by atoms with E-state index < -0.39 is 6.10 Å². The van der Waals surface area contributed by atoms with E-state index in [4.69, 9.17) is 0 Å². The van der Waals surface area contributed by atoms with Crippen molar-refractivity contribution in [2.75, 3.05) is 0 Å². The molecule has 1 aliphatic rings. The summed E-state index contributed by atoms with van der Waals surface area (Å²) in [7, 11) is 0. The second-order valence-corrected chi connectivity index (χ2v) is 5.46. The highest BCUT2D eigenvalue weighted by Gasteiger charge is 2.33. The van der Waals surface area contributed by atoms with Crippen molar-refractivity contribution >= 4 is 5.78 Å². The van der Waals surface area contributed by atoms with Gasteiger partial charge in [0.15, 0.2) is 0 Å². The van der Waals surface area contributed by atoms with Gasteiger partial charge in [-0.05, 0) is 31.6 Å². The number of hydrogen-bond donors (Lipinski definition) is 1. The fraction of sp³-hybridized carbons (Fsp3) is 0.929. The van der Waals surface area contributed by atoms with Gasteiger partial charge in [0.05, 0.1) is 6.10 Å². The van der Waals surface area contributed by atoms with E-state index in [0.29, 0.717) is 24.0 Å². The van der Waals surface area contributed by atoms with Crippen LogP contribution in [0.25, 0.3) is 0 Å². The van der Waals surface area contributed by atoms with Gasteiger partial charge in [-0.25, -0.2) is 0 Å². The van der Waals surface area contributed by atoms with Gasteiger partial charge in [0.25, 0.3) is 0 Å². The minimum Gasteiger partial charge on any atom is -0.393 e. The van der Waals surface area contributed by atoms with Gasteiger partial charge in [-0.3, -0.25) is 4.79 Å². The second kappa shape index (κ2) is 6.39. The molecule has 1 fully saturated rings. The van der Waals surface area contributed by atoms with Crippen LogP contribution in [0.15, 0.2) is 0 Å². The summed E-state index contributed by atoms with van der Waals surface area (Å²) in [5, 5.41) is 9.31. The first-order chi connectivity index (χ1) is 7.56. The maximum absolute atomic E-state index is 12.1. The van der Waals surface area contributed by atoms with Crippen molar-refractivity contribution in [1.82, 2.24) is 0 Å². The van der Waals surface area contributed by atoms with Crippen molar-refractivity contribution < 1.29 is 9.90 Å². The maximum atomic E-state index is 12.1. The van der Waals surface area contributed by atoms with Gasteiger partial charge >= 0.3 is 0 Å². The topological polar surface area (TPSA) is 37.3 Å². The van der Waals surface area contributed by atoms with Gasteiger partial charge in [-0.2, -0.15) is 0 Å². The Morgan fingerprint density at radius 3 is 2.50 bits per heavy atom. The van der Waals surface area contributed by atoms with Crippen LogP contribution in [0.2, 0.25) is 0 Å². The molecular formula is C14H26O2. The van der Waals surface area contributed by atoms with Gasteiger partial charge in [0.1, 0.15) is 5.78 Å². The van der Waals surface area contributed by atoms with Gasteiger partial charge in [-0.1, -0.05) is 33.1 Å². The molecule has 16 heavy (non-hydrogen) atoms. The lowest BCUT2D eigenvalue weighted by Gasteiger charge is -2.34. The molecule has 0 aromatic heterocycles. The zero-order valence-electron chi connectivity index (χ0n) is 10.9. The lowest BCUT2D eigenvalue weighted by Crippen LogP contribution is -2.32. The highest BCUT2D eigenvalue weighted by atomic mass is 16.3. The lowest BCUT2D eigenvalue weighted by molar-refractivity contribution is -0.128. The van der Waals surface area contributed by atoms with Crippen LogP contribution in [0.5, 0.6) is 0 Å². The lowest BCUT2D eigenvalue weighted by atomic mass is 9.70. The van der Waals surface area contributed by atoms with Crippen LogP contribution in [-0.2, 0) is 4.79 Å². The highest BCUT2D eigenvalue weighted by molar-refractivity contribution is 5.81. The Hall–Kier alpha value is -0.370. The van der Waals surface area contributed by atoms with Crippen molar-refractivity contribution in [2.45, 2.75) is 65.4 Å². The summed E-state index contributed by atoms with van der Waals surface area (Å²) >= 11 is 0. The van der Waals surface area contributed by atoms with Gasteiger partial charge < -0.3 is 5.11 Å². The van der Waals surface area contributed by atoms with E-state index in [-0.39, 0.29) is 5.92 Å². The summed E-state index contributed by atoms with van der Waals surface area (Å²) in [5.74, 6) is 1.71. The highest BCUT2D eigenvalue weighted by Crippen LogP contribution is 2.37. The average molecular weight is 226 g/mol. The smallest absolute Gasteiger partial charge is 0.138 e. The first-order valence-electron chi connectivity index (χ1n) is 6.77. The average Bonchev–Trinajstić information content (AvgIpc) is 2.27. The normalized spacial score (nSPS) is 29.8. The predicted molar refractivity (Wildman–Crippen MR) is 66.2 cm³/mol. The van der Waals surface area contributed by atoms with Crippen molar-refractivity contribution in [2.24, 2.45) is 17.8 Å². The van der Waals surface area contributed by atoms with Gasteiger partial charge in [0, 0.05) is 12.3 Å². The minimum atomic E-state index is -0.480. The zero-order valence-corrected chi connectivity index (χ0v) is 10.9. The molecule has 1 aliphatic carbocycles. The third kappa shape index (κ3) is 3.58. The minimum absolute atomic E-state index is 0.221. The van der Waals surface area contributed by atoms with E-state index in [1.165, 1.54) is 19.3 Å². The molecule has 0 radical (unpaired) electrons. The Labute approximate surface area is 99.4 Å². The fourth-order valence-corrected chi connectivity index (χ4v) is 2.99. The number of Topliss-reactive ketones (excluding diaryl/α,β-unsaturated/α-hetero) is 1. The molecule has 1 rings (SSSR count). The summed E-state index contributed by atoms with van der Waals surface area (Å²) in [6.45, 7) is 6.17. The summed E-state index contributed by atoms with van der Waals surface area (Å²) in [6.07, 6.45) is 5.72. The van der Waals surface area contributed by atoms with Crippen LogP contribution in [0.1, 0.15) is 59.3 Å².